The summed E-state index contributed by atoms with van der Waals surface area (Å²) in [6, 6.07) is 12.8. The Balaban J connectivity index is 1.12. The van der Waals surface area contributed by atoms with E-state index in [4.69, 9.17) is 9.47 Å². The Hall–Kier alpha value is -5.26. The minimum absolute atomic E-state index is 0.0108. The van der Waals surface area contributed by atoms with Crippen LogP contribution in [0.3, 0.4) is 0 Å². The Kier molecular flexibility index (Phi) is 14.5. The van der Waals surface area contributed by atoms with Gasteiger partial charge in [0.15, 0.2) is 5.69 Å². The molecule has 0 radical (unpaired) electrons. The van der Waals surface area contributed by atoms with Gasteiger partial charge in [-0.2, -0.15) is 5.10 Å². The Labute approximate surface area is 313 Å². The van der Waals surface area contributed by atoms with Gasteiger partial charge in [0.2, 0.25) is 5.91 Å². The number of hydrogen-bond donors (Lipinski definition) is 5. The first-order valence-electron chi connectivity index (χ1n) is 16.7. The maximum atomic E-state index is 14.6. The summed E-state index contributed by atoms with van der Waals surface area (Å²) in [6.45, 7) is 6.54. The zero-order valence-electron chi connectivity index (χ0n) is 29.8. The molecule has 15 nitrogen and oxygen atoms in total. The number of fused-ring (bicyclic) bond motifs is 1. The van der Waals surface area contributed by atoms with Crippen molar-refractivity contribution in [2.75, 3.05) is 58.3 Å². The van der Waals surface area contributed by atoms with Gasteiger partial charge < -0.3 is 25.4 Å². The standard InChI is InChI=1S/C36H42BrFN8O7/c1-36(2,3)53-35(51)43-29-19-23(37)20-42-31(29)34(50)41-13-15-52-16-14-46(4)21-30(47)39-11-12-40-32(48)26-17-22(9-10-27(26)38)18-28-24-7-5-6-8-25(24)33(49)45-44-28/h5-10,17,19-20H,11-16,18,21H2,1-4H3,(H,39,47)(H,40,48)(H,41,50)(H,43,51)(H,45,49). The number of amides is 4. The van der Waals surface area contributed by atoms with Crippen LogP contribution in [0.2, 0.25) is 0 Å². The van der Waals surface area contributed by atoms with E-state index in [-0.39, 0.29) is 74.2 Å². The summed E-state index contributed by atoms with van der Waals surface area (Å²) < 4.78 is 26.0. The van der Waals surface area contributed by atoms with Gasteiger partial charge in [0.1, 0.15) is 11.4 Å². The maximum absolute atomic E-state index is 14.6. The van der Waals surface area contributed by atoms with Crippen LogP contribution in [0.1, 0.15) is 52.9 Å². The highest BCUT2D eigenvalue weighted by Gasteiger charge is 2.20. The molecule has 0 aliphatic heterocycles. The minimum atomic E-state index is -0.720. The van der Waals surface area contributed by atoms with Crippen LogP contribution in [-0.4, -0.2) is 102 Å². The first-order valence-corrected chi connectivity index (χ1v) is 17.5. The molecule has 4 aromatic rings. The number of ether oxygens (including phenoxy) is 2. The molecule has 0 saturated carbocycles. The zero-order chi connectivity index (χ0) is 38.5. The SMILES string of the molecule is CN(CCOCCNC(=O)c1ncc(Br)cc1NC(=O)OC(C)(C)C)CC(=O)NCCNC(=O)c1cc(Cc2n[nH]c(=O)c3ccccc23)ccc1F. The van der Waals surface area contributed by atoms with E-state index in [2.05, 4.69) is 52.4 Å². The van der Waals surface area contributed by atoms with E-state index >= 15 is 0 Å². The van der Waals surface area contributed by atoms with E-state index in [0.29, 0.717) is 33.0 Å². The lowest BCUT2D eigenvalue weighted by Crippen LogP contribution is -2.40. The van der Waals surface area contributed by atoms with Crippen LogP contribution in [-0.2, 0) is 20.7 Å². The predicted molar refractivity (Wildman–Crippen MR) is 199 cm³/mol. The van der Waals surface area contributed by atoms with Crippen molar-refractivity contribution in [2.24, 2.45) is 0 Å². The summed E-state index contributed by atoms with van der Waals surface area (Å²) >= 11 is 3.28. The van der Waals surface area contributed by atoms with Crippen LogP contribution in [0.25, 0.3) is 10.8 Å². The second kappa shape index (κ2) is 19.0. The lowest BCUT2D eigenvalue weighted by Gasteiger charge is -2.20. The molecule has 17 heteroatoms. The van der Waals surface area contributed by atoms with Gasteiger partial charge in [0.25, 0.3) is 17.4 Å². The first-order chi connectivity index (χ1) is 25.2. The molecular formula is C36H42BrFN8O7. The third-order valence-electron chi connectivity index (χ3n) is 7.42. The minimum Gasteiger partial charge on any atom is -0.444 e. The number of carbonyl (C=O) groups excluding carboxylic acids is 4. The molecule has 5 N–H and O–H groups in total. The number of H-pyrrole nitrogens is 1. The number of likely N-dealkylation sites (N-methyl/N-ethyl adjacent to an activating group) is 1. The number of aromatic amines is 1. The van der Waals surface area contributed by atoms with Crippen LogP contribution >= 0.6 is 15.9 Å². The van der Waals surface area contributed by atoms with Gasteiger partial charge in [-0.3, -0.25) is 29.4 Å². The molecule has 0 aliphatic rings. The van der Waals surface area contributed by atoms with Crippen LogP contribution in [0.15, 0.2) is 64.0 Å². The molecule has 0 unspecified atom stereocenters. The van der Waals surface area contributed by atoms with E-state index in [1.54, 1.807) is 69.1 Å². The molecule has 0 aliphatic carbocycles. The third kappa shape index (κ3) is 12.7. The van der Waals surface area contributed by atoms with Crippen LogP contribution in [0.4, 0.5) is 14.9 Å². The molecule has 0 spiro atoms. The number of rotatable bonds is 16. The fraction of sp³-hybridized carbons (Fsp3) is 0.361. The number of nitrogens with one attached hydrogen (secondary N) is 5. The molecule has 0 fully saturated rings. The van der Waals surface area contributed by atoms with Gasteiger partial charge >= 0.3 is 6.09 Å². The monoisotopic (exact) mass is 796 g/mol. The summed E-state index contributed by atoms with van der Waals surface area (Å²) in [5, 5.41) is 18.3. The van der Waals surface area contributed by atoms with Gasteiger partial charge in [0.05, 0.1) is 42.1 Å². The van der Waals surface area contributed by atoms with E-state index in [9.17, 15) is 28.4 Å². The summed E-state index contributed by atoms with van der Waals surface area (Å²) in [5.74, 6) is -2.11. The molecule has 53 heavy (non-hydrogen) atoms. The summed E-state index contributed by atoms with van der Waals surface area (Å²) in [6.07, 6.45) is 0.987. The Morgan fingerprint density at radius 3 is 2.42 bits per heavy atom. The van der Waals surface area contributed by atoms with Crippen molar-refractivity contribution in [1.82, 2.24) is 36.0 Å². The molecule has 2 aromatic carbocycles. The number of halogens is 2. The highest BCUT2D eigenvalue weighted by Crippen LogP contribution is 2.21. The van der Waals surface area contributed by atoms with E-state index in [1.165, 1.54) is 18.3 Å². The number of anilines is 1. The van der Waals surface area contributed by atoms with Crippen LogP contribution in [0, 0.1) is 5.82 Å². The molecule has 0 bridgehead atoms. The van der Waals surface area contributed by atoms with Gasteiger partial charge in [-0.05, 0) is 73.6 Å². The third-order valence-corrected chi connectivity index (χ3v) is 7.86. The average Bonchev–Trinajstić information content (AvgIpc) is 3.09. The Morgan fingerprint density at radius 1 is 0.943 bits per heavy atom. The number of carbonyl (C=O) groups is 4. The fourth-order valence-corrected chi connectivity index (χ4v) is 5.31. The van der Waals surface area contributed by atoms with Crippen LogP contribution in [0.5, 0.6) is 0 Å². The van der Waals surface area contributed by atoms with Crippen molar-refractivity contribution in [2.45, 2.75) is 32.8 Å². The lowest BCUT2D eigenvalue weighted by molar-refractivity contribution is -0.122. The predicted octanol–water partition coefficient (Wildman–Crippen LogP) is 3.38. The van der Waals surface area contributed by atoms with E-state index in [1.807, 2.05) is 0 Å². The smallest absolute Gasteiger partial charge is 0.412 e. The number of nitrogens with zero attached hydrogens (tertiary/aromatic N) is 3. The van der Waals surface area contributed by atoms with E-state index in [0.717, 1.165) is 0 Å². The summed E-state index contributed by atoms with van der Waals surface area (Å²) in [7, 11) is 1.74. The summed E-state index contributed by atoms with van der Waals surface area (Å²) in [5.41, 5.74) is 0.234. The van der Waals surface area contributed by atoms with Crippen molar-refractivity contribution < 1.29 is 33.0 Å². The lowest BCUT2D eigenvalue weighted by atomic mass is 10.0. The number of benzene rings is 2. The Bertz CT molecular complexity index is 2000. The molecule has 4 amide bonds. The van der Waals surface area contributed by atoms with Gasteiger partial charge in [-0.25, -0.2) is 19.3 Å². The zero-order valence-corrected chi connectivity index (χ0v) is 31.4. The van der Waals surface area contributed by atoms with Crippen LogP contribution < -0.4 is 26.8 Å². The second-order valence-corrected chi connectivity index (χ2v) is 13.8. The summed E-state index contributed by atoms with van der Waals surface area (Å²) in [4.78, 5) is 68.0. The average molecular weight is 798 g/mol. The highest BCUT2D eigenvalue weighted by molar-refractivity contribution is 9.10. The normalized spacial score (nSPS) is 11.3. The van der Waals surface area contributed by atoms with Gasteiger partial charge in [-0.1, -0.05) is 24.3 Å². The maximum Gasteiger partial charge on any atom is 0.412 e. The molecule has 0 saturated heterocycles. The largest absolute Gasteiger partial charge is 0.444 e. The quantitative estimate of drug-likeness (QED) is 0.105. The van der Waals surface area contributed by atoms with Crippen molar-refractivity contribution in [3.05, 3.63) is 97.9 Å². The van der Waals surface area contributed by atoms with Crippen molar-refractivity contribution in [3.8, 4) is 0 Å². The highest BCUT2D eigenvalue weighted by atomic mass is 79.9. The molecule has 4 rings (SSSR count). The van der Waals surface area contributed by atoms with Gasteiger partial charge in [0, 0.05) is 48.7 Å². The molecule has 2 aromatic heterocycles. The number of aromatic nitrogens is 3. The number of hydrogen-bond acceptors (Lipinski definition) is 10. The Morgan fingerprint density at radius 2 is 1.66 bits per heavy atom. The molecule has 0 atom stereocenters. The molecular weight excluding hydrogens is 755 g/mol. The fourth-order valence-electron chi connectivity index (χ4n) is 4.98. The van der Waals surface area contributed by atoms with E-state index < -0.39 is 29.3 Å². The second-order valence-electron chi connectivity index (χ2n) is 12.9. The molecule has 282 valence electrons. The van der Waals surface area contributed by atoms with Crippen molar-refractivity contribution >= 4 is 56.2 Å². The topological polar surface area (TPSA) is 197 Å². The molecule has 2 heterocycles. The van der Waals surface area contributed by atoms with Gasteiger partial charge in [-0.15, -0.1) is 0 Å². The first kappa shape index (κ1) is 40.5. The van der Waals surface area contributed by atoms with Crippen molar-refractivity contribution in [1.29, 1.82) is 0 Å². The van der Waals surface area contributed by atoms with Crippen molar-refractivity contribution in [3.63, 3.8) is 0 Å². The number of pyridine rings is 1.